The van der Waals surface area contributed by atoms with E-state index in [4.69, 9.17) is 0 Å². The number of fused-ring (bicyclic) bond motifs is 1. The average Bonchev–Trinajstić information content (AvgIpc) is 3.55. The minimum atomic E-state index is -4.06. The molecule has 0 atom stereocenters. The molecular weight excluding hydrogens is 507 g/mol. The number of carbonyl (C=O) groups excluding carboxylic acids is 1. The van der Waals surface area contributed by atoms with Gasteiger partial charge in [-0.25, -0.2) is 26.9 Å². The van der Waals surface area contributed by atoms with Crippen molar-refractivity contribution in [2.75, 3.05) is 23.3 Å². The first-order chi connectivity index (χ1) is 17.2. The normalized spacial score (nSPS) is 13.8. The van der Waals surface area contributed by atoms with Gasteiger partial charge in [-0.15, -0.1) is 11.3 Å². The SMILES string of the molecule is O=C(Nc1ccc(-n2c(O)c3ccc(N4CCCC4)cc3cc2=O)c(F)c1)NS(=O)(=O)c1cccs1. The minimum Gasteiger partial charge on any atom is -0.494 e. The number of pyridine rings is 1. The number of hydrogen-bond donors (Lipinski definition) is 3. The maximum Gasteiger partial charge on any atom is 0.333 e. The van der Waals surface area contributed by atoms with Gasteiger partial charge in [-0.3, -0.25) is 4.79 Å². The lowest BCUT2D eigenvalue weighted by Crippen LogP contribution is -2.34. The molecule has 0 aliphatic carbocycles. The molecule has 0 spiro atoms. The number of thiophene rings is 1. The fourth-order valence-electron chi connectivity index (χ4n) is 4.21. The maximum atomic E-state index is 15.0. The van der Waals surface area contributed by atoms with E-state index in [0.29, 0.717) is 10.8 Å². The second kappa shape index (κ2) is 9.28. The largest absolute Gasteiger partial charge is 0.494 e. The van der Waals surface area contributed by atoms with Crippen molar-refractivity contribution in [2.45, 2.75) is 17.1 Å². The topological polar surface area (TPSA) is 121 Å². The highest BCUT2D eigenvalue weighted by Gasteiger charge is 2.20. The van der Waals surface area contributed by atoms with Crippen LogP contribution < -0.4 is 20.5 Å². The number of nitrogens with one attached hydrogen (secondary N) is 2. The summed E-state index contributed by atoms with van der Waals surface area (Å²) in [5.74, 6) is -1.32. The third kappa shape index (κ3) is 4.52. The van der Waals surface area contributed by atoms with Crippen LogP contribution in [0.2, 0.25) is 0 Å². The summed E-state index contributed by atoms with van der Waals surface area (Å²) in [5, 5.41) is 15.6. The number of rotatable bonds is 5. The van der Waals surface area contributed by atoms with Crippen LogP contribution in [0.15, 0.2) is 69.0 Å². The van der Waals surface area contributed by atoms with E-state index in [0.717, 1.165) is 53.6 Å². The number of benzene rings is 2. The zero-order valence-electron chi connectivity index (χ0n) is 18.8. The molecule has 2 aromatic heterocycles. The van der Waals surface area contributed by atoms with Gasteiger partial charge in [0.2, 0.25) is 5.88 Å². The van der Waals surface area contributed by atoms with Crippen LogP contribution in [0.5, 0.6) is 5.88 Å². The Kier molecular flexibility index (Phi) is 6.14. The second-order valence-electron chi connectivity index (χ2n) is 8.27. The molecule has 186 valence electrons. The third-order valence-corrected chi connectivity index (χ3v) is 8.62. The first-order valence-corrected chi connectivity index (χ1v) is 13.4. The molecule has 1 aliphatic rings. The predicted octanol–water partition coefficient (Wildman–Crippen LogP) is 4.01. The Balaban J connectivity index is 1.41. The van der Waals surface area contributed by atoms with E-state index in [1.54, 1.807) is 11.4 Å². The summed E-state index contributed by atoms with van der Waals surface area (Å²) in [4.78, 5) is 27.2. The van der Waals surface area contributed by atoms with Gasteiger partial charge < -0.3 is 15.3 Å². The van der Waals surface area contributed by atoms with E-state index in [1.807, 2.05) is 16.9 Å². The van der Waals surface area contributed by atoms with E-state index >= 15 is 4.39 Å². The molecule has 0 radical (unpaired) electrons. The van der Waals surface area contributed by atoms with Crippen molar-refractivity contribution >= 4 is 49.5 Å². The van der Waals surface area contributed by atoms with Crippen molar-refractivity contribution in [3.8, 4) is 11.6 Å². The van der Waals surface area contributed by atoms with E-state index in [9.17, 15) is 23.1 Å². The summed E-state index contributed by atoms with van der Waals surface area (Å²) in [6.07, 6.45) is 2.20. The van der Waals surface area contributed by atoms with Crippen LogP contribution in [0, 0.1) is 5.82 Å². The van der Waals surface area contributed by atoms with Gasteiger partial charge >= 0.3 is 6.03 Å². The van der Waals surface area contributed by atoms with Gasteiger partial charge in [0.25, 0.3) is 15.6 Å². The van der Waals surface area contributed by atoms with E-state index in [2.05, 4.69) is 10.2 Å². The fourth-order valence-corrected chi connectivity index (χ4v) is 6.11. The number of carbonyl (C=O) groups is 1. The average molecular weight is 529 g/mol. The number of halogens is 1. The maximum absolute atomic E-state index is 15.0. The van der Waals surface area contributed by atoms with Gasteiger partial charge in [-0.1, -0.05) is 6.07 Å². The van der Waals surface area contributed by atoms with Crippen LogP contribution in [0.4, 0.5) is 20.6 Å². The summed E-state index contributed by atoms with van der Waals surface area (Å²) < 4.78 is 42.0. The Morgan fingerprint density at radius 3 is 2.53 bits per heavy atom. The number of aromatic hydroxyl groups is 1. The van der Waals surface area contributed by atoms with Gasteiger partial charge in [0.15, 0.2) is 0 Å². The van der Waals surface area contributed by atoms with Gasteiger partial charge in [0.05, 0.1) is 5.69 Å². The van der Waals surface area contributed by atoms with E-state index in [-0.39, 0.29) is 15.6 Å². The second-order valence-corrected chi connectivity index (χ2v) is 11.1. The van der Waals surface area contributed by atoms with Crippen LogP contribution in [-0.2, 0) is 10.0 Å². The molecule has 36 heavy (non-hydrogen) atoms. The molecule has 3 N–H and O–H groups in total. The molecule has 9 nitrogen and oxygen atoms in total. The molecule has 0 saturated carbocycles. The smallest absolute Gasteiger partial charge is 0.333 e. The van der Waals surface area contributed by atoms with Crippen LogP contribution in [0.25, 0.3) is 16.5 Å². The minimum absolute atomic E-state index is 0.0429. The number of hydrogen-bond acceptors (Lipinski definition) is 7. The number of sulfonamides is 1. The lowest BCUT2D eigenvalue weighted by Gasteiger charge is -2.19. The number of urea groups is 1. The summed E-state index contributed by atoms with van der Waals surface area (Å²) in [7, 11) is -4.06. The Bertz CT molecular complexity index is 1630. The quantitative estimate of drug-likeness (QED) is 0.360. The Hall–Kier alpha value is -3.90. The molecule has 1 aliphatic heterocycles. The lowest BCUT2D eigenvalue weighted by atomic mass is 10.1. The predicted molar refractivity (Wildman–Crippen MR) is 136 cm³/mol. The lowest BCUT2D eigenvalue weighted by molar-refractivity contribution is 0.256. The summed E-state index contributed by atoms with van der Waals surface area (Å²) in [6, 6.07) is 12.0. The zero-order chi connectivity index (χ0) is 25.4. The highest BCUT2D eigenvalue weighted by Crippen LogP contribution is 2.31. The Morgan fingerprint density at radius 2 is 1.83 bits per heavy atom. The number of anilines is 2. The van der Waals surface area contributed by atoms with Crippen molar-refractivity contribution in [1.82, 2.24) is 9.29 Å². The standard InChI is InChI=1S/C24H21FN4O5S2/c25-19-14-16(26-24(32)27-36(33,34)22-4-3-11-35-22)5-8-20(19)29-21(30)13-15-12-17(28-9-1-2-10-28)6-7-18(15)23(29)31/h3-8,11-14,31H,1-2,9-10H2,(H2,26,27,32). The molecule has 2 aromatic carbocycles. The molecule has 4 aromatic rings. The van der Waals surface area contributed by atoms with Crippen LogP contribution >= 0.6 is 11.3 Å². The molecule has 1 saturated heterocycles. The van der Waals surface area contributed by atoms with Crippen molar-refractivity contribution in [3.05, 3.63) is 76.1 Å². The fraction of sp³-hybridized carbons (Fsp3) is 0.167. The highest BCUT2D eigenvalue weighted by atomic mass is 32.2. The summed E-state index contributed by atoms with van der Waals surface area (Å²) >= 11 is 0.942. The summed E-state index contributed by atoms with van der Waals surface area (Å²) in [6.45, 7) is 1.86. The molecule has 1 fully saturated rings. The van der Waals surface area contributed by atoms with E-state index in [1.165, 1.54) is 30.3 Å². The Labute approximate surface area is 209 Å². The van der Waals surface area contributed by atoms with Gasteiger partial charge in [0, 0.05) is 35.9 Å². The molecule has 0 unspecified atom stereocenters. The number of aromatic nitrogens is 1. The molecule has 5 rings (SSSR count). The van der Waals surface area contributed by atoms with Gasteiger partial charge in [-0.05, 0) is 66.1 Å². The van der Waals surface area contributed by atoms with Crippen LogP contribution in [0.1, 0.15) is 12.8 Å². The molecule has 0 bridgehead atoms. The highest BCUT2D eigenvalue weighted by molar-refractivity contribution is 7.92. The van der Waals surface area contributed by atoms with Crippen molar-refractivity contribution in [1.29, 1.82) is 0 Å². The van der Waals surface area contributed by atoms with Crippen molar-refractivity contribution in [3.63, 3.8) is 0 Å². The first-order valence-electron chi connectivity index (χ1n) is 11.0. The molecule has 12 heteroatoms. The van der Waals surface area contributed by atoms with Gasteiger partial charge in [0.1, 0.15) is 10.0 Å². The molecule has 3 heterocycles. The van der Waals surface area contributed by atoms with Crippen molar-refractivity contribution < 1.29 is 22.7 Å². The molecular formula is C24H21FN4O5S2. The summed E-state index contributed by atoms with van der Waals surface area (Å²) in [5.41, 5.74) is 0.0642. The van der Waals surface area contributed by atoms with Crippen LogP contribution in [-0.4, -0.2) is 37.2 Å². The molecule has 2 amide bonds. The first kappa shape index (κ1) is 23.8. The number of amides is 2. The van der Waals surface area contributed by atoms with E-state index < -0.39 is 33.3 Å². The number of nitrogens with zero attached hydrogens (tertiary/aromatic N) is 2. The third-order valence-electron chi connectivity index (χ3n) is 5.89. The monoisotopic (exact) mass is 528 g/mol. The van der Waals surface area contributed by atoms with Gasteiger partial charge in [-0.2, -0.15) is 0 Å². The van der Waals surface area contributed by atoms with Crippen molar-refractivity contribution in [2.24, 2.45) is 0 Å². The Morgan fingerprint density at radius 1 is 1.06 bits per heavy atom. The van der Waals surface area contributed by atoms with Crippen LogP contribution in [0.3, 0.4) is 0 Å². The zero-order valence-corrected chi connectivity index (χ0v) is 20.4.